The molecule has 0 aromatic rings. The number of rotatable bonds is 2. The second-order valence-electron chi connectivity index (χ2n) is 5.15. The van der Waals surface area contributed by atoms with Gasteiger partial charge in [0.25, 0.3) is 0 Å². The number of carbonyl (C=O) groups is 2. The van der Waals surface area contributed by atoms with E-state index < -0.39 is 5.54 Å². The van der Waals surface area contributed by atoms with Crippen molar-refractivity contribution in [1.82, 2.24) is 9.80 Å². The van der Waals surface area contributed by atoms with E-state index in [9.17, 15) is 9.59 Å². The van der Waals surface area contributed by atoms with Crippen molar-refractivity contribution >= 4 is 11.8 Å². The highest BCUT2D eigenvalue weighted by Gasteiger charge is 2.25. The van der Waals surface area contributed by atoms with Crippen molar-refractivity contribution in [2.75, 3.05) is 26.7 Å². The van der Waals surface area contributed by atoms with Crippen LogP contribution >= 0.6 is 0 Å². The summed E-state index contributed by atoms with van der Waals surface area (Å²) in [6, 6.07) is 0. The van der Waals surface area contributed by atoms with Crippen molar-refractivity contribution < 1.29 is 9.59 Å². The van der Waals surface area contributed by atoms with E-state index in [0.717, 1.165) is 6.42 Å². The van der Waals surface area contributed by atoms with Crippen LogP contribution in [0.15, 0.2) is 0 Å². The lowest BCUT2D eigenvalue weighted by atomic mass is 10.0. The minimum Gasteiger partial charge on any atom is -0.344 e. The molecule has 1 aliphatic rings. The smallest absolute Gasteiger partial charge is 0.241 e. The first-order valence-corrected chi connectivity index (χ1v) is 5.60. The summed E-state index contributed by atoms with van der Waals surface area (Å²) < 4.78 is 0. The molecule has 1 rings (SSSR count). The van der Waals surface area contributed by atoms with Gasteiger partial charge in [-0.05, 0) is 20.3 Å². The number of carbonyl (C=O) groups excluding carboxylic acids is 2. The molecule has 0 atom stereocenters. The van der Waals surface area contributed by atoms with Crippen LogP contribution in [0.5, 0.6) is 0 Å². The number of hydrogen-bond donors (Lipinski definition) is 1. The van der Waals surface area contributed by atoms with Gasteiger partial charge >= 0.3 is 0 Å². The fraction of sp³-hybridized carbons (Fsp3) is 0.818. The molecule has 1 heterocycles. The highest BCUT2D eigenvalue weighted by Crippen LogP contribution is 2.10. The molecule has 2 amide bonds. The molecule has 0 aromatic carbocycles. The van der Waals surface area contributed by atoms with Crippen molar-refractivity contribution in [3.05, 3.63) is 0 Å². The summed E-state index contributed by atoms with van der Waals surface area (Å²) in [7, 11) is 1.77. The molecule has 0 aliphatic carbocycles. The lowest BCUT2D eigenvalue weighted by Gasteiger charge is -2.24. The zero-order chi connectivity index (χ0) is 12.3. The van der Waals surface area contributed by atoms with Crippen LogP contribution in [0.4, 0.5) is 0 Å². The second kappa shape index (κ2) is 4.82. The quantitative estimate of drug-likeness (QED) is 0.710. The Morgan fingerprint density at radius 2 is 2.06 bits per heavy atom. The third-order valence-electron chi connectivity index (χ3n) is 2.63. The van der Waals surface area contributed by atoms with E-state index in [-0.39, 0.29) is 24.8 Å². The van der Waals surface area contributed by atoms with E-state index in [1.807, 2.05) is 13.8 Å². The molecule has 1 saturated heterocycles. The summed E-state index contributed by atoms with van der Waals surface area (Å²) in [6.45, 7) is 5.18. The van der Waals surface area contributed by atoms with Crippen LogP contribution in [0.1, 0.15) is 26.7 Å². The van der Waals surface area contributed by atoms with Gasteiger partial charge in [0.1, 0.15) is 0 Å². The zero-order valence-corrected chi connectivity index (χ0v) is 10.3. The minimum absolute atomic E-state index is 0.000627. The average Bonchev–Trinajstić information content (AvgIpc) is 2.27. The molecular formula is C11H21N3O2. The SMILES string of the molecule is CN1CCCN(C(=O)CC(C)(C)N)CC1=O. The van der Waals surface area contributed by atoms with Crippen molar-refractivity contribution in [2.24, 2.45) is 5.73 Å². The number of hydrogen-bond acceptors (Lipinski definition) is 3. The Hall–Kier alpha value is -1.10. The molecule has 92 valence electrons. The van der Waals surface area contributed by atoms with Crippen molar-refractivity contribution in [2.45, 2.75) is 32.2 Å². The Balaban J connectivity index is 2.59. The van der Waals surface area contributed by atoms with E-state index in [2.05, 4.69) is 0 Å². The van der Waals surface area contributed by atoms with E-state index in [1.54, 1.807) is 16.8 Å². The molecule has 0 radical (unpaired) electrons. The first-order valence-electron chi connectivity index (χ1n) is 5.60. The minimum atomic E-state index is -0.516. The van der Waals surface area contributed by atoms with Crippen LogP contribution in [0.3, 0.4) is 0 Å². The predicted octanol–water partition coefficient (Wildman–Crippen LogP) is -0.195. The van der Waals surface area contributed by atoms with Gasteiger partial charge in [-0.15, -0.1) is 0 Å². The van der Waals surface area contributed by atoms with Crippen LogP contribution < -0.4 is 5.73 Å². The Morgan fingerprint density at radius 1 is 1.44 bits per heavy atom. The van der Waals surface area contributed by atoms with Crippen LogP contribution in [0.2, 0.25) is 0 Å². The van der Waals surface area contributed by atoms with Crippen molar-refractivity contribution in [3.63, 3.8) is 0 Å². The highest BCUT2D eigenvalue weighted by molar-refractivity contribution is 5.85. The third kappa shape index (κ3) is 3.81. The molecule has 0 bridgehead atoms. The molecule has 0 aromatic heterocycles. The lowest BCUT2D eigenvalue weighted by Crippen LogP contribution is -2.43. The lowest BCUT2D eigenvalue weighted by molar-refractivity contribution is -0.138. The molecule has 1 aliphatic heterocycles. The standard InChI is InChI=1S/C11H21N3O2/c1-11(2,12)7-9(15)14-6-4-5-13(3)10(16)8-14/h4-8,12H2,1-3H3. The molecule has 0 saturated carbocycles. The largest absolute Gasteiger partial charge is 0.344 e. The Morgan fingerprint density at radius 3 is 2.62 bits per heavy atom. The van der Waals surface area contributed by atoms with Gasteiger partial charge in [-0.1, -0.05) is 0 Å². The summed E-state index contributed by atoms with van der Waals surface area (Å²) in [6.07, 6.45) is 1.11. The second-order valence-corrected chi connectivity index (χ2v) is 5.15. The Kier molecular flexibility index (Phi) is 3.91. The maximum atomic E-state index is 11.9. The first-order chi connectivity index (χ1) is 7.29. The summed E-state index contributed by atoms with van der Waals surface area (Å²) in [5, 5.41) is 0. The predicted molar refractivity (Wildman–Crippen MR) is 61.7 cm³/mol. The van der Waals surface area contributed by atoms with Gasteiger partial charge in [-0.3, -0.25) is 9.59 Å². The number of amides is 2. The summed E-state index contributed by atoms with van der Waals surface area (Å²) in [5.74, 6) is -0.0307. The first kappa shape index (κ1) is 13.0. The zero-order valence-electron chi connectivity index (χ0n) is 10.3. The van der Waals surface area contributed by atoms with E-state index >= 15 is 0 Å². The normalized spacial score (nSPS) is 18.6. The number of likely N-dealkylation sites (N-methyl/N-ethyl adjacent to an activating group) is 1. The highest BCUT2D eigenvalue weighted by atomic mass is 16.2. The Labute approximate surface area is 96.6 Å². The van der Waals surface area contributed by atoms with Gasteiger partial charge in [0, 0.05) is 32.1 Å². The van der Waals surface area contributed by atoms with Gasteiger partial charge in [0.05, 0.1) is 6.54 Å². The Bertz CT molecular complexity index is 283. The van der Waals surface area contributed by atoms with E-state index in [0.29, 0.717) is 13.1 Å². The molecule has 0 spiro atoms. The number of nitrogens with two attached hydrogens (primary N) is 1. The molecule has 2 N–H and O–H groups in total. The van der Waals surface area contributed by atoms with E-state index in [4.69, 9.17) is 5.73 Å². The topological polar surface area (TPSA) is 66.6 Å². The van der Waals surface area contributed by atoms with Gasteiger partial charge in [0.2, 0.25) is 11.8 Å². The van der Waals surface area contributed by atoms with Crippen LogP contribution in [-0.2, 0) is 9.59 Å². The van der Waals surface area contributed by atoms with Crippen LogP contribution in [0, 0.1) is 0 Å². The van der Waals surface area contributed by atoms with Crippen LogP contribution in [-0.4, -0.2) is 53.8 Å². The third-order valence-corrected chi connectivity index (χ3v) is 2.63. The maximum Gasteiger partial charge on any atom is 0.241 e. The van der Waals surface area contributed by atoms with Gasteiger partial charge in [0.15, 0.2) is 0 Å². The van der Waals surface area contributed by atoms with E-state index in [1.165, 1.54) is 0 Å². The fourth-order valence-corrected chi connectivity index (χ4v) is 1.70. The average molecular weight is 227 g/mol. The summed E-state index contributed by atoms with van der Waals surface area (Å²) in [5.41, 5.74) is 5.29. The van der Waals surface area contributed by atoms with Gasteiger partial charge < -0.3 is 15.5 Å². The number of nitrogens with zero attached hydrogens (tertiary/aromatic N) is 2. The summed E-state index contributed by atoms with van der Waals surface area (Å²) in [4.78, 5) is 26.8. The van der Waals surface area contributed by atoms with Gasteiger partial charge in [-0.2, -0.15) is 0 Å². The van der Waals surface area contributed by atoms with Crippen molar-refractivity contribution in [3.8, 4) is 0 Å². The maximum absolute atomic E-state index is 11.9. The molecule has 1 fully saturated rings. The van der Waals surface area contributed by atoms with Gasteiger partial charge in [-0.25, -0.2) is 0 Å². The molecular weight excluding hydrogens is 206 g/mol. The molecule has 0 unspecified atom stereocenters. The van der Waals surface area contributed by atoms with Crippen LogP contribution in [0.25, 0.3) is 0 Å². The monoisotopic (exact) mass is 227 g/mol. The fourth-order valence-electron chi connectivity index (χ4n) is 1.70. The molecule has 5 nitrogen and oxygen atoms in total. The molecule has 16 heavy (non-hydrogen) atoms. The summed E-state index contributed by atoms with van der Waals surface area (Å²) >= 11 is 0. The van der Waals surface area contributed by atoms with Crippen molar-refractivity contribution in [1.29, 1.82) is 0 Å². The molecule has 5 heteroatoms.